The Balaban J connectivity index is 1.64. The van der Waals surface area contributed by atoms with Crippen LogP contribution in [0.5, 0.6) is 5.75 Å². The molecule has 0 saturated carbocycles. The van der Waals surface area contributed by atoms with Crippen LogP contribution in [0.15, 0.2) is 34.7 Å². The van der Waals surface area contributed by atoms with Crippen LogP contribution in [0.2, 0.25) is 0 Å². The smallest absolute Gasteiger partial charge is 0.435 e. The monoisotopic (exact) mass is 450 g/mol. The number of para-hydroxylation sites is 1. The molecule has 0 amide bonds. The second kappa shape index (κ2) is 9.29. The third kappa shape index (κ3) is 4.63. The zero-order valence-electron chi connectivity index (χ0n) is 17.9. The Morgan fingerprint density at radius 3 is 2.56 bits per heavy atom. The van der Waals surface area contributed by atoms with E-state index in [1.807, 2.05) is 7.05 Å². The summed E-state index contributed by atoms with van der Waals surface area (Å²) in [5.41, 5.74) is -0.240. The van der Waals surface area contributed by atoms with E-state index < -0.39 is 11.9 Å². The number of rotatable bonds is 7. The molecule has 1 fully saturated rings. The third-order valence-corrected chi connectivity index (χ3v) is 5.59. The lowest BCUT2D eigenvalue weighted by atomic mass is 10.0. The minimum Gasteiger partial charge on any atom is -0.496 e. The number of nitrogens with zero attached hydrogens (tertiary/aromatic N) is 5. The van der Waals surface area contributed by atoms with Gasteiger partial charge in [0.05, 0.1) is 18.7 Å². The van der Waals surface area contributed by atoms with E-state index in [2.05, 4.69) is 25.5 Å². The van der Waals surface area contributed by atoms with Crippen LogP contribution in [-0.2, 0) is 6.18 Å². The number of methoxy groups -OCH3 is 1. The van der Waals surface area contributed by atoms with Gasteiger partial charge >= 0.3 is 6.18 Å². The summed E-state index contributed by atoms with van der Waals surface area (Å²) in [7, 11) is 3.41. The lowest BCUT2D eigenvalue weighted by Gasteiger charge is -2.32. The molecule has 0 bridgehead atoms. The largest absolute Gasteiger partial charge is 0.496 e. The standard InChI is InChI=1S/C21H25F3N6O2/c1-25-9-12-29-10-7-14(8-11-29)30-16(13-18(28-30)21(22,23)24)20-27-26-19(32-20)15-5-3-4-6-17(15)31-2/h3-6,13-14,25H,7-12H2,1-2H3. The van der Waals surface area contributed by atoms with Crippen molar-refractivity contribution in [2.24, 2.45) is 0 Å². The van der Waals surface area contributed by atoms with Gasteiger partial charge in [0, 0.05) is 32.2 Å². The number of hydrogen-bond acceptors (Lipinski definition) is 7. The van der Waals surface area contributed by atoms with Gasteiger partial charge in [0.15, 0.2) is 5.69 Å². The molecule has 1 aliphatic rings. The second-order valence-electron chi connectivity index (χ2n) is 7.65. The van der Waals surface area contributed by atoms with Gasteiger partial charge in [-0.2, -0.15) is 18.3 Å². The first-order valence-corrected chi connectivity index (χ1v) is 10.4. The van der Waals surface area contributed by atoms with Gasteiger partial charge in [0.25, 0.3) is 11.8 Å². The van der Waals surface area contributed by atoms with E-state index in [1.54, 1.807) is 24.3 Å². The van der Waals surface area contributed by atoms with E-state index in [1.165, 1.54) is 11.8 Å². The maximum absolute atomic E-state index is 13.5. The molecule has 1 N–H and O–H groups in total. The van der Waals surface area contributed by atoms with Crippen LogP contribution in [0.1, 0.15) is 24.6 Å². The molecule has 4 rings (SSSR count). The van der Waals surface area contributed by atoms with Crippen LogP contribution in [0.4, 0.5) is 13.2 Å². The van der Waals surface area contributed by atoms with E-state index >= 15 is 0 Å². The van der Waals surface area contributed by atoms with E-state index in [0.717, 1.165) is 32.2 Å². The fourth-order valence-electron chi connectivity index (χ4n) is 3.89. The quantitative estimate of drug-likeness (QED) is 0.590. The molecule has 0 aliphatic carbocycles. The average molecular weight is 450 g/mol. The molecule has 1 aromatic carbocycles. The molecule has 1 saturated heterocycles. The summed E-state index contributed by atoms with van der Waals surface area (Å²) in [6, 6.07) is 7.87. The maximum atomic E-state index is 13.5. The Hall–Kier alpha value is -2.92. The van der Waals surface area contributed by atoms with Crippen LogP contribution in [0.3, 0.4) is 0 Å². The van der Waals surface area contributed by atoms with Gasteiger partial charge in [-0.3, -0.25) is 4.68 Å². The van der Waals surface area contributed by atoms with Crippen molar-refractivity contribution < 1.29 is 22.3 Å². The van der Waals surface area contributed by atoms with Crippen molar-refractivity contribution in [2.45, 2.75) is 25.1 Å². The van der Waals surface area contributed by atoms with E-state index in [0.29, 0.717) is 24.2 Å². The van der Waals surface area contributed by atoms with Crippen molar-refractivity contribution in [1.82, 2.24) is 30.2 Å². The molecule has 0 spiro atoms. The molecular formula is C21H25F3N6O2. The molecule has 1 aliphatic heterocycles. The fourth-order valence-corrected chi connectivity index (χ4v) is 3.89. The van der Waals surface area contributed by atoms with Gasteiger partial charge in [-0.15, -0.1) is 10.2 Å². The Bertz CT molecular complexity index is 1040. The predicted molar refractivity (Wildman–Crippen MR) is 111 cm³/mol. The number of halogens is 3. The number of nitrogens with one attached hydrogen (secondary N) is 1. The summed E-state index contributed by atoms with van der Waals surface area (Å²) in [6.45, 7) is 3.32. The van der Waals surface area contributed by atoms with Crippen molar-refractivity contribution in [2.75, 3.05) is 40.3 Å². The number of piperidine rings is 1. The fraction of sp³-hybridized carbons (Fsp3) is 0.476. The number of aromatic nitrogens is 4. The number of benzene rings is 1. The average Bonchev–Trinajstić information content (AvgIpc) is 3.45. The normalized spacial score (nSPS) is 15.9. The van der Waals surface area contributed by atoms with Crippen LogP contribution in [0, 0.1) is 0 Å². The summed E-state index contributed by atoms with van der Waals surface area (Å²) in [5.74, 6) is 0.688. The van der Waals surface area contributed by atoms with Gasteiger partial charge in [-0.05, 0) is 32.0 Å². The van der Waals surface area contributed by atoms with Gasteiger partial charge < -0.3 is 19.4 Å². The first-order chi connectivity index (χ1) is 15.4. The first kappa shape index (κ1) is 22.3. The molecule has 8 nitrogen and oxygen atoms in total. The van der Waals surface area contributed by atoms with E-state index in [9.17, 15) is 13.2 Å². The molecular weight excluding hydrogens is 425 g/mol. The number of alkyl halides is 3. The molecule has 172 valence electrons. The minimum atomic E-state index is -4.57. The third-order valence-electron chi connectivity index (χ3n) is 5.59. The number of hydrogen-bond donors (Lipinski definition) is 1. The highest BCUT2D eigenvalue weighted by molar-refractivity contribution is 5.63. The van der Waals surface area contributed by atoms with Crippen LogP contribution in [0.25, 0.3) is 23.0 Å². The lowest BCUT2D eigenvalue weighted by Crippen LogP contribution is -2.38. The van der Waals surface area contributed by atoms with Crippen molar-refractivity contribution in [1.29, 1.82) is 0 Å². The molecule has 0 atom stereocenters. The molecule has 2 aromatic heterocycles. The highest BCUT2D eigenvalue weighted by Gasteiger charge is 2.37. The SMILES string of the molecule is CNCCN1CCC(n2nc(C(F)(F)F)cc2-c2nnc(-c3ccccc3OC)o2)CC1. The number of likely N-dealkylation sites (tertiary alicyclic amines) is 1. The van der Waals surface area contributed by atoms with Crippen molar-refractivity contribution in [3.05, 3.63) is 36.0 Å². The Labute approximate surface area is 183 Å². The van der Waals surface area contributed by atoms with Crippen LogP contribution < -0.4 is 10.1 Å². The highest BCUT2D eigenvalue weighted by atomic mass is 19.4. The summed E-state index contributed by atoms with van der Waals surface area (Å²) < 4.78 is 52.9. The van der Waals surface area contributed by atoms with Crippen molar-refractivity contribution in [3.63, 3.8) is 0 Å². The molecule has 0 radical (unpaired) electrons. The highest BCUT2D eigenvalue weighted by Crippen LogP contribution is 2.36. The second-order valence-corrected chi connectivity index (χ2v) is 7.65. The van der Waals surface area contributed by atoms with Gasteiger partial charge in [0.2, 0.25) is 0 Å². The maximum Gasteiger partial charge on any atom is 0.435 e. The predicted octanol–water partition coefficient (Wildman–Crippen LogP) is 3.48. The Morgan fingerprint density at radius 2 is 1.88 bits per heavy atom. The Morgan fingerprint density at radius 1 is 1.16 bits per heavy atom. The Kier molecular flexibility index (Phi) is 6.47. The van der Waals surface area contributed by atoms with Crippen molar-refractivity contribution >= 4 is 0 Å². The first-order valence-electron chi connectivity index (χ1n) is 10.4. The van der Waals surface area contributed by atoms with Gasteiger partial charge in [0.1, 0.15) is 11.4 Å². The summed E-state index contributed by atoms with van der Waals surface area (Å²) in [4.78, 5) is 2.29. The molecule has 3 aromatic rings. The van der Waals surface area contributed by atoms with Crippen LogP contribution >= 0.6 is 0 Å². The lowest BCUT2D eigenvalue weighted by molar-refractivity contribution is -0.141. The summed E-state index contributed by atoms with van der Waals surface area (Å²) in [6.07, 6.45) is -3.20. The van der Waals surface area contributed by atoms with E-state index in [-0.39, 0.29) is 23.5 Å². The topological polar surface area (TPSA) is 81.2 Å². The summed E-state index contributed by atoms with van der Waals surface area (Å²) >= 11 is 0. The zero-order valence-corrected chi connectivity index (χ0v) is 17.9. The van der Waals surface area contributed by atoms with Crippen LogP contribution in [-0.4, -0.2) is 65.2 Å². The molecule has 0 unspecified atom stereocenters. The molecule has 11 heteroatoms. The van der Waals surface area contributed by atoms with Gasteiger partial charge in [-0.25, -0.2) is 0 Å². The molecule has 3 heterocycles. The van der Waals surface area contributed by atoms with Gasteiger partial charge in [-0.1, -0.05) is 12.1 Å². The minimum absolute atomic E-state index is 0.00785. The number of ether oxygens (including phenoxy) is 1. The summed E-state index contributed by atoms with van der Waals surface area (Å²) in [5, 5.41) is 15.1. The van der Waals surface area contributed by atoms with Crippen molar-refractivity contribution in [3.8, 4) is 28.8 Å². The van der Waals surface area contributed by atoms with E-state index in [4.69, 9.17) is 9.15 Å². The number of likely N-dealkylation sites (N-methyl/N-ethyl adjacent to an activating group) is 1. The zero-order chi connectivity index (χ0) is 22.7. The molecule has 32 heavy (non-hydrogen) atoms.